The van der Waals surface area contributed by atoms with Gasteiger partial charge in [0.2, 0.25) is 0 Å². The number of rotatable bonds is 7. The highest BCUT2D eigenvalue weighted by Crippen LogP contribution is 2.16. The van der Waals surface area contributed by atoms with E-state index in [0.717, 1.165) is 0 Å². The Morgan fingerprint density at radius 1 is 0.759 bits per heavy atom. The second kappa shape index (κ2) is 9.32. The van der Waals surface area contributed by atoms with E-state index in [0.29, 0.717) is 28.1 Å². The molecule has 3 aromatic carbocycles. The van der Waals surface area contributed by atoms with Crippen LogP contribution in [0.4, 0.5) is 5.69 Å². The maximum absolute atomic E-state index is 12.4. The van der Waals surface area contributed by atoms with Crippen LogP contribution in [-0.4, -0.2) is 31.3 Å². The standard InChI is InChI=1S/C23H20N2O4/c1-24-23(28)18-7-11-19(12-8-18)25-21(26)15-29-20-13-9-17(10-14-20)22(27)16-5-3-2-4-6-16/h2-14H,15H2,1H3,(H,24,28)(H,25,26). The Hall–Kier alpha value is -3.93. The molecule has 3 aromatic rings. The molecule has 6 heteroatoms. The van der Waals surface area contributed by atoms with Gasteiger partial charge in [-0.2, -0.15) is 0 Å². The molecule has 0 aliphatic rings. The number of carbonyl (C=O) groups excluding carboxylic acids is 3. The third kappa shape index (κ3) is 5.29. The molecule has 2 N–H and O–H groups in total. The lowest BCUT2D eigenvalue weighted by atomic mass is 10.0. The van der Waals surface area contributed by atoms with E-state index in [1.807, 2.05) is 18.2 Å². The van der Waals surface area contributed by atoms with Crippen molar-refractivity contribution < 1.29 is 19.1 Å². The molecule has 0 aliphatic carbocycles. The van der Waals surface area contributed by atoms with Crippen LogP contribution in [-0.2, 0) is 4.79 Å². The number of anilines is 1. The van der Waals surface area contributed by atoms with Crippen molar-refractivity contribution in [2.45, 2.75) is 0 Å². The highest BCUT2D eigenvalue weighted by molar-refractivity contribution is 6.09. The van der Waals surface area contributed by atoms with Gasteiger partial charge in [-0.15, -0.1) is 0 Å². The van der Waals surface area contributed by atoms with E-state index in [9.17, 15) is 14.4 Å². The number of hydrogen-bond acceptors (Lipinski definition) is 4. The summed E-state index contributed by atoms with van der Waals surface area (Å²) in [5.74, 6) is -0.114. The Bertz CT molecular complexity index is 997. The molecule has 0 saturated heterocycles. The molecule has 146 valence electrons. The summed E-state index contributed by atoms with van der Waals surface area (Å²) in [6, 6.07) is 22.2. The summed E-state index contributed by atoms with van der Waals surface area (Å²) in [4.78, 5) is 35.9. The fraction of sp³-hybridized carbons (Fsp3) is 0.0870. The van der Waals surface area contributed by atoms with Gasteiger partial charge in [-0.05, 0) is 48.5 Å². The van der Waals surface area contributed by atoms with Crippen LogP contribution in [0.25, 0.3) is 0 Å². The van der Waals surface area contributed by atoms with Crippen LogP contribution in [0.3, 0.4) is 0 Å². The van der Waals surface area contributed by atoms with Crippen molar-refractivity contribution in [3.05, 3.63) is 95.6 Å². The van der Waals surface area contributed by atoms with Crippen molar-refractivity contribution in [1.29, 1.82) is 0 Å². The van der Waals surface area contributed by atoms with E-state index in [2.05, 4.69) is 10.6 Å². The van der Waals surface area contributed by atoms with E-state index in [-0.39, 0.29) is 24.2 Å². The molecule has 0 bridgehead atoms. The molecular formula is C23H20N2O4. The molecule has 0 atom stereocenters. The second-order valence-electron chi connectivity index (χ2n) is 6.21. The lowest BCUT2D eigenvalue weighted by molar-refractivity contribution is -0.118. The summed E-state index contributed by atoms with van der Waals surface area (Å²) in [7, 11) is 1.56. The van der Waals surface area contributed by atoms with Gasteiger partial charge >= 0.3 is 0 Å². The van der Waals surface area contributed by atoms with Crippen LogP contribution in [0.2, 0.25) is 0 Å². The van der Waals surface area contributed by atoms with Gasteiger partial charge < -0.3 is 15.4 Å². The van der Waals surface area contributed by atoms with Crippen LogP contribution in [0.5, 0.6) is 5.75 Å². The minimum absolute atomic E-state index is 0.0740. The minimum atomic E-state index is -0.331. The number of carbonyl (C=O) groups is 3. The summed E-state index contributed by atoms with van der Waals surface area (Å²) in [5, 5.41) is 5.23. The molecule has 2 amide bonds. The van der Waals surface area contributed by atoms with Crippen molar-refractivity contribution in [2.24, 2.45) is 0 Å². The molecule has 0 aliphatic heterocycles. The molecule has 0 unspecified atom stereocenters. The molecule has 0 fully saturated rings. The van der Waals surface area contributed by atoms with Gasteiger partial charge in [0.1, 0.15) is 5.75 Å². The molecule has 0 spiro atoms. The van der Waals surface area contributed by atoms with Gasteiger partial charge in [0.15, 0.2) is 12.4 Å². The van der Waals surface area contributed by atoms with Crippen LogP contribution in [0, 0.1) is 0 Å². The van der Waals surface area contributed by atoms with E-state index in [1.165, 1.54) is 0 Å². The van der Waals surface area contributed by atoms with Gasteiger partial charge in [-0.25, -0.2) is 0 Å². The van der Waals surface area contributed by atoms with E-state index in [4.69, 9.17) is 4.74 Å². The topological polar surface area (TPSA) is 84.5 Å². The molecule has 0 heterocycles. The lowest BCUT2D eigenvalue weighted by Gasteiger charge is -2.09. The normalized spacial score (nSPS) is 10.1. The first kappa shape index (κ1) is 19.8. The van der Waals surface area contributed by atoms with Gasteiger partial charge in [-0.3, -0.25) is 14.4 Å². The maximum Gasteiger partial charge on any atom is 0.262 e. The fourth-order valence-electron chi connectivity index (χ4n) is 2.65. The van der Waals surface area contributed by atoms with Gasteiger partial charge in [0.05, 0.1) is 0 Å². The monoisotopic (exact) mass is 388 g/mol. The Morgan fingerprint density at radius 3 is 1.97 bits per heavy atom. The Morgan fingerprint density at radius 2 is 1.34 bits per heavy atom. The largest absolute Gasteiger partial charge is 0.484 e. The quantitative estimate of drug-likeness (QED) is 0.608. The number of nitrogens with one attached hydrogen (secondary N) is 2. The molecular weight excluding hydrogens is 368 g/mol. The van der Waals surface area contributed by atoms with Gasteiger partial charge in [0.25, 0.3) is 11.8 Å². The Kier molecular flexibility index (Phi) is 6.37. The predicted octanol–water partition coefficient (Wildman–Crippen LogP) is 3.29. The maximum atomic E-state index is 12.4. The van der Waals surface area contributed by atoms with Crippen LogP contribution in [0.1, 0.15) is 26.3 Å². The third-order valence-corrected chi connectivity index (χ3v) is 4.18. The van der Waals surface area contributed by atoms with Gasteiger partial charge in [-0.1, -0.05) is 30.3 Å². The molecule has 29 heavy (non-hydrogen) atoms. The zero-order valence-electron chi connectivity index (χ0n) is 15.8. The minimum Gasteiger partial charge on any atom is -0.484 e. The average Bonchev–Trinajstić information content (AvgIpc) is 2.78. The zero-order chi connectivity index (χ0) is 20.6. The van der Waals surface area contributed by atoms with Crippen molar-refractivity contribution in [1.82, 2.24) is 5.32 Å². The summed E-state index contributed by atoms with van der Waals surface area (Å²) in [6.07, 6.45) is 0. The molecule has 0 saturated carbocycles. The Labute approximate surface area is 168 Å². The number of amides is 2. The van der Waals surface area contributed by atoms with E-state index < -0.39 is 0 Å². The summed E-state index contributed by atoms with van der Waals surface area (Å²) in [6.45, 7) is -0.177. The van der Waals surface area contributed by atoms with Crippen molar-refractivity contribution in [3.8, 4) is 5.75 Å². The van der Waals surface area contributed by atoms with E-state index in [1.54, 1.807) is 67.7 Å². The molecule has 0 radical (unpaired) electrons. The Balaban J connectivity index is 1.52. The first-order valence-electron chi connectivity index (χ1n) is 9.01. The van der Waals surface area contributed by atoms with Crippen LogP contribution in [0.15, 0.2) is 78.9 Å². The van der Waals surface area contributed by atoms with E-state index >= 15 is 0 Å². The smallest absolute Gasteiger partial charge is 0.262 e. The summed E-state index contributed by atoms with van der Waals surface area (Å²) >= 11 is 0. The first-order valence-corrected chi connectivity index (χ1v) is 9.01. The summed E-state index contributed by atoms with van der Waals surface area (Å²) < 4.78 is 5.47. The molecule has 6 nitrogen and oxygen atoms in total. The van der Waals surface area contributed by atoms with Crippen molar-refractivity contribution in [3.63, 3.8) is 0 Å². The number of hydrogen-bond donors (Lipinski definition) is 2. The summed E-state index contributed by atoms with van der Waals surface area (Å²) in [5.41, 5.74) is 2.23. The van der Waals surface area contributed by atoms with Crippen molar-refractivity contribution in [2.75, 3.05) is 19.0 Å². The second-order valence-corrected chi connectivity index (χ2v) is 6.21. The van der Waals surface area contributed by atoms with Crippen molar-refractivity contribution >= 4 is 23.3 Å². The van der Waals surface area contributed by atoms with Crippen LogP contribution < -0.4 is 15.4 Å². The highest BCUT2D eigenvalue weighted by Gasteiger charge is 2.09. The predicted molar refractivity (Wildman–Crippen MR) is 110 cm³/mol. The lowest BCUT2D eigenvalue weighted by Crippen LogP contribution is -2.20. The fourth-order valence-corrected chi connectivity index (χ4v) is 2.65. The van der Waals surface area contributed by atoms with Crippen LogP contribution >= 0.6 is 0 Å². The number of ketones is 1. The average molecular weight is 388 g/mol. The van der Waals surface area contributed by atoms with Gasteiger partial charge in [0, 0.05) is 29.4 Å². The first-order chi connectivity index (χ1) is 14.1. The molecule has 3 rings (SSSR count). The number of benzene rings is 3. The number of ether oxygens (including phenoxy) is 1. The highest BCUT2D eigenvalue weighted by atomic mass is 16.5. The SMILES string of the molecule is CNC(=O)c1ccc(NC(=O)COc2ccc(C(=O)c3ccccc3)cc2)cc1. The zero-order valence-corrected chi connectivity index (χ0v) is 15.8. The molecule has 0 aromatic heterocycles. The third-order valence-electron chi connectivity index (χ3n) is 4.18.